The average Bonchev–Trinajstić information content (AvgIpc) is 2.71. The van der Waals surface area contributed by atoms with E-state index >= 15 is 0 Å². The summed E-state index contributed by atoms with van der Waals surface area (Å²) >= 11 is 1.66. The molecule has 2 amide bonds. The molecule has 0 aliphatic carbocycles. The highest BCUT2D eigenvalue weighted by Gasteiger charge is 2.47. The third kappa shape index (κ3) is 4.01. The van der Waals surface area contributed by atoms with Crippen LogP contribution in [-0.2, 0) is 9.53 Å². The fourth-order valence-corrected chi connectivity index (χ4v) is 2.65. The molecular weight excluding hydrogens is 268 g/mol. The van der Waals surface area contributed by atoms with E-state index in [0.29, 0.717) is 0 Å². The zero-order valence-corrected chi connectivity index (χ0v) is 12.4. The summed E-state index contributed by atoms with van der Waals surface area (Å²) < 4.78 is 5.19. The minimum Gasteiger partial charge on any atom is -0.481 e. The van der Waals surface area contributed by atoms with Gasteiger partial charge < -0.3 is 20.5 Å². The first-order valence-electron chi connectivity index (χ1n) is 6.31. The molecule has 0 radical (unpaired) electrons. The maximum absolute atomic E-state index is 11.9. The SMILES string of the molecule is CCC(CSC)NC(=O)NC1COCC1(C)C(=O)O. The van der Waals surface area contributed by atoms with Gasteiger partial charge in [0.15, 0.2) is 0 Å². The highest BCUT2D eigenvalue weighted by molar-refractivity contribution is 7.98. The number of amides is 2. The summed E-state index contributed by atoms with van der Waals surface area (Å²) in [6, 6.07) is -0.742. The third-order valence-electron chi connectivity index (χ3n) is 3.45. The Bertz CT molecular complexity index is 340. The van der Waals surface area contributed by atoms with Crippen molar-refractivity contribution in [2.24, 2.45) is 5.41 Å². The number of urea groups is 1. The van der Waals surface area contributed by atoms with Crippen molar-refractivity contribution in [1.82, 2.24) is 10.6 Å². The highest BCUT2D eigenvalue weighted by atomic mass is 32.2. The van der Waals surface area contributed by atoms with Crippen molar-refractivity contribution in [1.29, 1.82) is 0 Å². The Morgan fingerprint density at radius 3 is 2.79 bits per heavy atom. The number of hydrogen-bond acceptors (Lipinski definition) is 4. The predicted molar refractivity (Wildman–Crippen MR) is 74.5 cm³/mol. The second-order valence-electron chi connectivity index (χ2n) is 4.97. The molecule has 1 saturated heterocycles. The van der Waals surface area contributed by atoms with Gasteiger partial charge in [0.1, 0.15) is 5.41 Å². The Labute approximate surface area is 117 Å². The van der Waals surface area contributed by atoms with Gasteiger partial charge in [-0.3, -0.25) is 4.79 Å². The first-order chi connectivity index (χ1) is 8.93. The largest absolute Gasteiger partial charge is 0.481 e. The maximum Gasteiger partial charge on any atom is 0.315 e. The number of carbonyl (C=O) groups excluding carboxylic acids is 1. The van der Waals surface area contributed by atoms with Crippen molar-refractivity contribution in [3.05, 3.63) is 0 Å². The van der Waals surface area contributed by atoms with Gasteiger partial charge in [0.05, 0.1) is 19.3 Å². The lowest BCUT2D eigenvalue weighted by Gasteiger charge is -2.26. The van der Waals surface area contributed by atoms with Crippen LogP contribution in [0.15, 0.2) is 0 Å². The van der Waals surface area contributed by atoms with E-state index in [1.165, 1.54) is 0 Å². The molecule has 1 aliphatic heterocycles. The van der Waals surface area contributed by atoms with Crippen molar-refractivity contribution in [2.75, 3.05) is 25.2 Å². The van der Waals surface area contributed by atoms with Crippen LogP contribution >= 0.6 is 11.8 Å². The maximum atomic E-state index is 11.9. The normalized spacial score (nSPS) is 27.8. The van der Waals surface area contributed by atoms with Crippen LogP contribution in [0, 0.1) is 5.41 Å². The van der Waals surface area contributed by atoms with Crippen molar-refractivity contribution in [2.45, 2.75) is 32.4 Å². The van der Waals surface area contributed by atoms with E-state index in [9.17, 15) is 14.7 Å². The summed E-state index contributed by atoms with van der Waals surface area (Å²) in [7, 11) is 0. The van der Waals surface area contributed by atoms with Crippen molar-refractivity contribution >= 4 is 23.8 Å². The number of carboxylic acids is 1. The van der Waals surface area contributed by atoms with Crippen LogP contribution in [0.3, 0.4) is 0 Å². The second-order valence-corrected chi connectivity index (χ2v) is 5.88. The van der Waals surface area contributed by atoms with Crippen LogP contribution in [0.4, 0.5) is 4.79 Å². The molecule has 0 bridgehead atoms. The molecule has 0 aromatic rings. The number of nitrogens with one attached hydrogen (secondary N) is 2. The Morgan fingerprint density at radius 1 is 1.58 bits per heavy atom. The quantitative estimate of drug-likeness (QED) is 0.677. The topological polar surface area (TPSA) is 87.7 Å². The van der Waals surface area contributed by atoms with Crippen LogP contribution < -0.4 is 10.6 Å². The van der Waals surface area contributed by atoms with Crippen molar-refractivity contribution in [3.63, 3.8) is 0 Å². The smallest absolute Gasteiger partial charge is 0.315 e. The van der Waals surface area contributed by atoms with Gasteiger partial charge in [0.25, 0.3) is 0 Å². The Kier molecular flexibility index (Phi) is 5.93. The van der Waals surface area contributed by atoms with Gasteiger partial charge in [0, 0.05) is 11.8 Å². The van der Waals surface area contributed by atoms with Gasteiger partial charge in [-0.05, 0) is 19.6 Å². The molecule has 3 unspecified atom stereocenters. The van der Waals surface area contributed by atoms with Crippen LogP contribution in [0.25, 0.3) is 0 Å². The molecule has 19 heavy (non-hydrogen) atoms. The standard InChI is InChI=1S/C12H22N2O4S/c1-4-8(6-19-3)13-11(17)14-9-5-18-7-12(9,2)10(15)16/h8-9H,4-7H2,1-3H3,(H,15,16)(H2,13,14,17). The zero-order valence-electron chi connectivity index (χ0n) is 11.6. The van der Waals surface area contributed by atoms with E-state index in [1.807, 2.05) is 13.2 Å². The van der Waals surface area contributed by atoms with E-state index in [4.69, 9.17) is 4.74 Å². The lowest BCUT2D eigenvalue weighted by Crippen LogP contribution is -2.54. The fourth-order valence-electron chi connectivity index (χ4n) is 1.93. The van der Waals surface area contributed by atoms with Gasteiger partial charge in [0.2, 0.25) is 0 Å². The molecule has 1 aliphatic rings. The third-order valence-corrected chi connectivity index (χ3v) is 4.18. The van der Waals surface area contributed by atoms with Gasteiger partial charge >= 0.3 is 12.0 Å². The van der Waals surface area contributed by atoms with Crippen molar-refractivity contribution in [3.8, 4) is 0 Å². The predicted octanol–water partition coefficient (Wildman–Crippen LogP) is 0.917. The van der Waals surface area contributed by atoms with Crippen LogP contribution in [0.1, 0.15) is 20.3 Å². The minimum atomic E-state index is -1.06. The number of rotatable bonds is 6. The van der Waals surface area contributed by atoms with E-state index in [0.717, 1.165) is 12.2 Å². The molecule has 1 heterocycles. The Morgan fingerprint density at radius 2 is 2.26 bits per heavy atom. The summed E-state index contributed by atoms with van der Waals surface area (Å²) in [5, 5.41) is 14.8. The summed E-state index contributed by atoms with van der Waals surface area (Å²) in [6.45, 7) is 3.94. The molecule has 3 N–H and O–H groups in total. The highest BCUT2D eigenvalue weighted by Crippen LogP contribution is 2.28. The van der Waals surface area contributed by atoms with E-state index in [2.05, 4.69) is 10.6 Å². The molecular formula is C12H22N2O4S. The first kappa shape index (κ1) is 16.1. The van der Waals surface area contributed by atoms with Crippen LogP contribution in [-0.4, -0.2) is 54.4 Å². The fraction of sp³-hybridized carbons (Fsp3) is 0.833. The van der Waals surface area contributed by atoms with Crippen molar-refractivity contribution < 1.29 is 19.4 Å². The second kappa shape index (κ2) is 7.00. The zero-order chi connectivity index (χ0) is 14.5. The van der Waals surface area contributed by atoms with Gasteiger partial charge in [-0.2, -0.15) is 11.8 Å². The van der Waals surface area contributed by atoms with Gasteiger partial charge in [-0.1, -0.05) is 6.92 Å². The number of hydrogen-bond donors (Lipinski definition) is 3. The number of carbonyl (C=O) groups is 2. The van der Waals surface area contributed by atoms with E-state index in [1.54, 1.807) is 18.7 Å². The lowest BCUT2D eigenvalue weighted by molar-refractivity contribution is -0.148. The Hall–Kier alpha value is -0.950. The molecule has 1 rings (SSSR count). The van der Waals surface area contributed by atoms with Crippen LogP contribution in [0.5, 0.6) is 0 Å². The van der Waals surface area contributed by atoms with Gasteiger partial charge in [-0.15, -0.1) is 0 Å². The molecule has 110 valence electrons. The molecule has 0 saturated carbocycles. The summed E-state index contributed by atoms with van der Waals surface area (Å²) in [5.74, 6) is -0.118. The molecule has 7 heteroatoms. The van der Waals surface area contributed by atoms with Gasteiger partial charge in [-0.25, -0.2) is 4.79 Å². The molecule has 3 atom stereocenters. The monoisotopic (exact) mass is 290 g/mol. The van der Waals surface area contributed by atoms with E-state index < -0.39 is 17.4 Å². The summed E-state index contributed by atoms with van der Waals surface area (Å²) in [4.78, 5) is 23.1. The molecule has 0 aromatic carbocycles. The minimum absolute atomic E-state index is 0.0911. The molecule has 1 fully saturated rings. The van der Waals surface area contributed by atoms with E-state index in [-0.39, 0.29) is 25.3 Å². The lowest BCUT2D eigenvalue weighted by atomic mass is 9.85. The molecule has 6 nitrogen and oxygen atoms in total. The number of thioether (sulfide) groups is 1. The average molecular weight is 290 g/mol. The number of ether oxygens (including phenoxy) is 1. The number of carboxylic acid groups (broad SMARTS) is 1. The summed E-state index contributed by atoms with van der Waals surface area (Å²) in [5.41, 5.74) is -1.06. The first-order valence-corrected chi connectivity index (χ1v) is 7.70. The molecule has 0 aromatic heterocycles. The van der Waals surface area contributed by atoms with Crippen LogP contribution in [0.2, 0.25) is 0 Å². The Balaban J connectivity index is 2.54. The molecule has 0 spiro atoms. The number of aliphatic carboxylic acids is 1. The summed E-state index contributed by atoms with van der Waals surface area (Å²) in [6.07, 6.45) is 2.82.